The number of nitrogens with one attached hydrogen (secondary N) is 2. The number of amides is 2. The van der Waals surface area contributed by atoms with Gasteiger partial charge < -0.3 is 5.32 Å². The number of thiazole rings is 1. The highest BCUT2D eigenvalue weighted by Crippen LogP contribution is 2.37. The topological polar surface area (TPSA) is 71.1 Å². The third kappa shape index (κ3) is 4.51. The van der Waals surface area contributed by atoms with Crippen LogP contribution in [0.25, 0.3) is 0 Å². The summed E-state index contributed by atoms with van der Waals surface area (Å²) in [7, 11) is 0. The molecule has 29 heavy (non-hydrogen) atoms. The standard InChI is InChI=1S/C22H20FN3O2S/c23-16-11-9-14(10-12-16)13-24-21(28)17-7-4-8-18-19(17)25-22(29-18)26-20(27)15-5-2-1-3-6-15/h1-3,5-6,9-12,17H,4,7-8,13H2,(H,24,28)(H,25,26,27)/t17-/m0/s1. The van der Waals surface area contributed by atoms with Gasteiger partial charge in [0.1, 0.15) is 5.82 Å². The Morgan fingerprint density at radius 2 is 1.86 bits per heavy atom. The van der Waals surface area contributed by atoms with Crippen molar-refractivity contribution in [3.05, 3.63) is 82.1 Å². The van der Waals surface area contributed by atoms with Crippen molar-refractivity contribution >= 4 is 28.3 Å². The molecule has 5 nitrogen and oxygen atoms in total. The molecule has 4 rings (SSSR count). The van der Waals surface area contributed by atoms with E-state index in [1.165, 1.54) is 23.5 Å². The maximum absolute atomic E-state index is 13.0. The molecule has 0 saturated carbocycles. The molecule has 148 valence electrons. The first-order valence-corrected chi connectivity index (χ1v) is 10.3. The Balaban J connectivity index is 1.44. The quantitative estimate of drug-likeness (QED) is 0.661. The van der Waals surface area contributed by atoms with E-state index in [4.69, 9.17) is 0 Å². The summed E-state index contributed by atoms with van der Waals surface area (Å²) in [5.41, 5.74) is 2.15. The largest absolute Gasteiger partial charge is 0.351 e. The fourth-order valence-electron chi connectivity index (χ4n) is 3.40. The van der Waals surface area contributed by atoms with Gasteiger partial charge in [-0.15, -0.1) is 11.3 Å². The summed E-state index contributed by atoms with van der Waals surface area (Å²) in [5.74, 6) is -0.946. The van der Waals surface area contributed by atoms with Crippen LogP contribution in [0.3, 0.4) is 0 Å². The van der Waals surface area contributed by atoms with E-state index in [-0.39, 0.29) is 23.5 Å². The van der Waals surface area contributed by atoms with Crippen molar-refractivity contribution in [3.8, 4) is 0 Å². The van der Waals surface area contributed by atoms with Crippen molar-refractivity contribution in [3.63, 3.8) is 0 Å². The fourth-order valence-corrected chi connectivity index (χ4v) is 4.46. The first-order valence-electron chi connectivity index (χ1n) is 9.48. The predicted molar refractivity (Wildman–Crippen MR) is 110 cm³/mol. The van der Waals surface area contributed by atoms with Gasteiger partial charge in [0.05, 0.1) is 11.6 Å². The van der Waals surface area contributed by atoms with Crippen molar-refractivity contribution in [1.82, 2.24) is 10.3 Å². The number of rotatable bonds is 5. The number of carbonyl (C=O) groups is 2. The van der Waals surface area contributed by atoms with E-state index in [1.807, 2.05) is 18.2 Å². The van der Waals surface area contributed by atoms with Crippen LogP contribution in [0, 0.1) is 5.82 Å². The lowest BCUT2D eigenvalue weighted by atomic mass is 9.90. The lowest BCUT2D eigenvalue weighted by Gasteiger charge is -2.20. The third-order valence-electron chi connectivity index (χ3n) is 4.91. The van der Waals surface area contributed by atoms with E-state index in [0.717, 1.165) is 35.4 Å². The number of anilines is 1. The van der Waals surface area contributed by atoms with Gasteiger partial charge in [-0.1, -0.05) is 30.3 Å². The van der Waals surface area contributed by atoms with Crippen LogP contribution in [0.1, 0.15) is 45.3 Å². The molecule has 0 spiro atoms. The van der Waals surface area contributed by atoms with Gasteiger partial charge in [0, 0.05) is 17.0 Å². The Kier molecular flexibility index (Phi) is 5.67. The highest BCUT2D eigenvalue weighted by molar-refractivity contribution is 7.15. The molecule has 0 radical (unpaired) electrons. The van der Waals surface area contributed by atoms with Gasteiger partial charge in [-0.3, -0.25) is 14.9 Å². The smallest absolute Gasteiger partial charge is 0.257 e. The first kappa shape index (κ1) is 19.3. The minimum absolute atomic E-state index is 0.0958. The molecule has 3 aromatic rings. The Bertz CT molecular complexity index is 1020. The minimum atomic E-state index is -0.335. The normalized spacial score (nSPS) is 15.4. The minimum Gasteiger partial charge on any atom is -0.351 e. The number of carbonyl (C=O) groups excluding carboxylic acids is 2. The third-order valence-corrected chi connectivity index (χ3v) is 5.95. The summed E-state index contributed by atoms with van der Waals surface area (Å²) < 4.78 is 13.0. The maximum Gasteiger partial charge on any atom is 0.257 e. The second-order valence-electron chi connectivity index (χ2n) is 6.94. The average molecular weight is 409 g/mol. The van der Waals surface area contributed by atoms with E-state index in [2.05, 4.69) is 15.6 Å². The molecule has 1 aliphatic rings. The molecule has 1 aliphatic carbocycles. The molecule has 1 aromatic heterocycles. The van der Waals surface area contributed by atoms with Crippen LogP contribution in [0.2, 0.25) is 0 Å². The van der Waals surface area contributed by atoms with Crippen molar-refractivity contribution in [1.29, 1.82) is 0 Å². The lowest BCUT2D eigenvalue weighted by Crippen LogP contribution is -2.31. The highest BCUT2D eigenvalue weighted by atomic mass is 32.1. The number of nitrogens with zero attached hydrogens (tertiary/aromatic N) is 1. The average Bonchev–Trinajstić information content (AvgIpc) is 3.16. The second-order valence-corrected chi connectivity index (χ2v) is 8.02. The number of halogens is 1. The molecule has 0 aliphatic heterocycles. The van der Waals surface area contributed by atoms with Crippen LogP contribution in [-0.2, 0) is 17.8 Å². The zero-order valence-corrected chi connectivity index (χ0v) is 16.5. The van der Waals surface area contributed by atoms with Crippen LogP contribution in [0.4, 0.5) is 9.52 Å². The summed E-state index contributed by atoms with van der Waals surface area (Å²) in [6, 6.07) is 15.0. The van der Waals surface area contributed by atoms with Gasteiger partial charge in [-0.2, -0.15) is 0 Å². The second kappa shape index (κ2) is 8.53. The van der Waals surface area contributed by atoms with E-state index in [1.54, 1.807) is 24.3 Å². The number of aromatic nitrogens is 1. The lowest BCUT2D eigenvalue weighted by molar-refractivity contribution is -0.123. The number of aryl methyl sites for hydroxylation is 1. The molecule has 2 N–H and O–H groups in total. The van der Waals surface area contributed by atoms with Crippen molar-refractivity contribution in [2.24, 2.45) is 0 Å². The van der Waals surface area contributed by atoms with E-state index >= 15 is 0 Å². The molecule has 1 heterocycles. The van der Waals surface area contributed by atoms with E-state index in [9.17, 15) is 14.0 Å². The van der Waals surface area contributed by atoms with Gasteiger partial charge >= 0.3 is 0 Å². The number of benzene rings is 2. The monoisotopic (exact) mass is 409 g/mol. The molecule has 0 fully saturated rings. The number of hydrogen-bond acceptors (Lipinski definition) is 4. The summed E-state index contributed by atoms with van der Waals surface area (Å²) in [5, 5.41) is 6.28. The maximum atomic E-state index is 13.0. The van der Waals surface area contributed by atoms with Gasteiger partial charge in [-0.05, 0) is 49.1 Å². The van der Waals surface area contributed by atoms with Gasteiger partial charge in [0.15, 0.2) is 5.13 Å². The van der Waals surface area contributed by atoms with Crippen molar-refractivity contribution in [2.75, 3.05) is 5.32 Å². The Morgan fingerprint density at radius 1 is 1.10 bits per heavy atom. The summed E-state index contributed by atoms with van der Waals surface area (Å²) in [4.78, 5) is 30.7. The van der Waals surface area contributed by atoms with Crippen LogP contribution < -0.4 is 10.6 Å². The molecule has 7 heteroatoms. The van der Waals surface area contributed by atoms with Crippen LogP contribution in [-0.4, -0.2) is 16.8 Å². The molecule has 0 bridgehead atoms. The van der Waals surface area contributed by atoms with Gasteiger partial charge in [0.25, 0.3) is 5.91 Å². The molecule has 0 unspecified atom stereocenters. The van der Waals surface area contributed by atoms with Crippen molar-refractivity contribution in [2.45, 2.75) is 31.7 Å². The molecule has 2 amide bonds. The summed E-state index contributed by atoms with van der Waals surface area (Å²) in [6.45, 7) is 0.340. The molecule has 0 saturated heterocycles. The molecular weight excluding hydrogens is 389 g/mol. The fraction of sp³-hybridized carbons (Fsp3) is 0.227. The summed E-state index contributed by atoms with van der Waals surface area (Å²) in [6.07, 6.45) is 2.48. The number of fused-ring (bicyclic) bond motifs is 1. The zero-order chi connectivity index (χ0) is 20.2. The van der Waals surface area contributed by atoms with Crippen molar-refractivity contribution < 1.29 is 14.0 Å². The van der Waals surface area contributed by atoms with Crippen LogP contribution in [0.5, 0.6) is 0 Å². The Hall–Kier alpha value is -3.06. The van der Waals surface area contributed by atoms with Crippen LogP contribution in [0.15, 0.2) is 54.6 Å². The van der Waals surface area contributed by atoms with Gasteiger partial charge in [-0.25, -0.2) is 9.37 Å². The SMILES string of the molecule is O=C(Nc1nc2c(s1)CCC[C@@H]2C(=O)NCc1ccc(F)cc1)c1ccccc1. The Morgan fingerprint density at radius 3 is 2.62 bits per heavy atom. The zero-order valence-electron chi connectivity index (χ0n) is 15.7. The molecular formula is C22H20FN3O2S. The Labute approximate surface area is 172 Å². The summed E-state index contributed by atoms with van der Waals surface area (Å²) >= 11 is 1.43. The predicted octanol–water partition coefficient (Wildman–Crippen LogP) is 4.27. The van der Waals surface area contributed by atoms with E-state index in [0.29, 0.717) is 17.2 Å². The highest BCUT2D eigenvalue weighted by Gasteiger charge is 2.30. The van der Waals surface area contributed by atoms with Gasteiger partial charge in [0.2, 0.25) is 5.91 Å². The number of hydrogen-bond donors (Lipinski definition) is 2. The van der Waals surface area contributed by atoms with E-state index < -0.39 is 0 Å². The molecule has 1 atom stereocenters. The first-order chi connectivity index (χ1) is 14.1. The molecule has 2 aromatic carbocycles. The van der Waals surface area contributed by atoms with Crippen LogP contribution >= 0.6 is 11.3 Å².